The second-order valence-electron chi connectivity index (χ2n) is 7.56. The van der Waals surface area contributed by atoms with Crippen molar-refractivity contribution in [3.05, 3.63) is 36.5 Å². The van der Waals surface area contributed by atoms with Gasteiger partial charge in [0.25, 0.3) is 0 Å². The van der Waals surface area contributed by atoms with Crippen LogP contribution in [0, 0.1) is 11.7 Å². The lowest BCUT2D eigenvalue weighted by Gasteiger charge is -2.33. The number of fused-ring (bicyclic) bond motifs is 1. The molecule has 158 valence electrons. The Kier molecular flexibility index (Phi) is 6.06. The average molecular weight is 411 g/mol. The summed E-state index contributed by atoms with van der Waals surface area (Å²) in [4.78, 5) is 30.0. The molecule has 1 atom stereocenters. The molecule has 1 fully saturated rings. The number of rotatable bonds is 6. The van der Waals surface area contributed by atoms with Crippen molar-refractivity contribution in [3.8, 4) is 11.4 Å². The summed E-state index contributed by atoms with van der Waals surface area (Å²) in [7, 11) is 0. The molecule has 4 heterocycles. The Morgan fingerprint density at radius 3 is 3.17 bits per heavy atom. The van der Waals surface area contributed by atoms with Crippen LogP contribution in [0.25, 0.3) is 22.4 Å². The summed E-state index contributed by atoms with van der Waals surface area (Å²) in [6.45, 7) is 4.65. The van der Waals surface area contributed by atoms with Gasteiger partial charge in [-0.2, -0.15) is 0 Å². The molecule has 0 aromatic carbocycles. The number of piperidine rings is 1. The summed E-state index contributed by atoms with van der Waals surface area (Å²) in [5.74, 6) is 0.347. The van der Waals surface area contributed by atoms with Crippen LogP contribution >= 0.6 is 0 Å². The van der Waals surface area contributed by atoms with Crippen LogP contribution in [0.5, 0.6) is 0 Å². The minimum Gasteiger partial charge on any atom is -0.367 e. The van der Waals surface area contributed by atoms with Crippen molar-refractivity contribution in [2.24, 2.45) is 5.92 Å². The number of H-pyrrole nitrogens is 1. The molecule has 1 saturated heterocycles. The van der Waals surface area contributed by atoms with Gasteiger partial charge in [0, 0.05) is 49.5 Å². The van der Waals surface area contributed by atoms with E-state index in [1.54, 1.807) is 12.4 Å². The van der Waals surface area contributed by atoms with Gasteiger partial charge in [0.2, 0.25) is 0 Å². The smallest absolute Gasteiger partial charge is 0.317 e. The second-order valence-corrected chi connectivity index (χ2v) is 7.56. The first-order valence-corrected chi connectivity index (χ1v) is 10.4. The van der Waals surface area contributed by atoms with Gasteiger partial charge in [-0.3, -0.25) is 0 Å². The molecule has 0 spiro atoms. The highest BCUT2D eigenvalue weighted by molar-refractivity contribution is 5.91. The topological polar surface area (TPSA) is 98.8 Å². The molecular formula is C21H26FN7O. The quantitative estimate of drug-likeness (QED) is 0.577. The molecule has 9 heteroatoms. The Hall–Kier alpha value is -3.23. The number of carbonyl (C=O) groups is 1. The van der Waals surface area contributed by atoms with Crippen LogP contribution in [-0.2, 0) is 0 Å². The van der Waals surface area contributed by atoms with Crippen LogP contribution in [0.4, 0.5) is 15.0 Å². The summed E-state index contributed by atoms with van der Waals surface area (Å²) in [5, 5.41) is 6.93. The molecule has 1 aliphatic rings. The first-order valence-electron chi connectivity index (χ1n) is 10.4. The summed E-state index contributed by atoms with van der Waals surface area (Å²) in [6, 6.07) is 3.74. The molecule has 4 rings (SSSR count). The normalized spacial score (nSPS) is 16.6. The van der Waals surface area contributed by atoms with Gasteiger partial charge in [0.1, 0.15) is 5.65 Å². The summed E-state index contributed by atoms with van der Waals surface area (Å²) >= 11 is 0. The van der Waals surface area contributed by atoms with E-state index in [0.717, 1.165) is 42.4 Å². The molecule has 1 aliphatic heterocycles. The molecule has 0 saturated carbocycles. The summed E-state index contributed by atoms with van der Waals surface area (Å²) < 4.78 is 14.3. The third-order valence-corrected chi connectivity index (χ3v) is 5.33. The third-order valence-electron chi connectivity index (χ3n) is 5.33. The Labute approximate surface area is 174 Å². The number of aromatic amines is 1. The molecule has 0 unspecified atom stereocenters. The number of anilines is 1. The van der Waals surface area contributed by atoms with Crippen LogP contribution in [0.3, 0.4) is 0 Å². The van der Waals surface area contributed by atoms with Crippen molar-refractivity contribution in [3.63, 3.8) is 0 Å². The summed E-state index contributed by atoms with van der Waals surface area (Å²) in [5.41, 5.74) is 1.51. The molecule has 8 nitrogen and oxygen atoms in total. The second kappa shape index (κ2) is 9.06. The molecule has 3 aromatic heterocycles. The van der Waals surface area contributed by atoms with Crippen LogP contribution in [0.1, 0.15) is 26.2 Å². The number of aromatic nitrogens is 4. The van der Waals surface area contributed by atoms with E-state index >= 15 is 0 Å². The van der Waals surface area contributed by atoms with E-state index in [1.165, 1.54) is 6.20 Å². The van der Waals surface area contributed by atoms with E-state index in [2.05, 4.69) is 30.6 Å². The molecule has 2 amide bonds. The van der Waals surface area contributed by atoms with Gasteiger partial charge in [0.05, 0.1) is 6.20 Å². The zero-order valence-corrected chi connectivity index (χ0v) is 17.0. The minimum atomic E-state index is -0.495. The van der Waals surface area contributed by atoms with Crippen molar-refractivity contribution in [2.75, 3.05) is 31.5 Å². The zero-order valence-electron chi connectivity index (χ0n) is 17.0. The highest BCUT2D eigenvalue weighted by Gasteiger charge is 2.24. The number of pyridine rings is 1. The lowest BCUT2D eigenvalue weighted by atomic mass is 9.98. The number of nitrogens with one attached hydrogen (secondary N) is 3. The predicted octanol–water partition coefficient (Wildman–Crippen LogP) is 3.40. The summed E-state index contributed by atoms with van der Waals surface area (Å²) in [6.07, 6.45) is 7.50. The molecule has 0 aliphatic carbocycles. The number of nitrogens with zero attached hydrogens (tertiary/aromatic N) is 4. The van der Waals surface area contributed by atoms with E-state index in [1.807, 2.05) is 24.0 Å². The van der Waals surface area contributed by atoms with Crippen molar-refractivity contribution in [2.45, 2.75) is 26.2 Å². The molecule has 3 aromatic rings. The molecule has 0 bridgehead atoms. The van der Waals surface area contributed by atoms with E-state index in [-0.39, 0.29) is 17.8 Å². The maximum atomic E-state index is 14.3. The Balaban J connectivity index is 1.44. The first kappa shape index (κ1) is 20.1. The monoisotopic (exact) mass is 411 g/mol. The fraction of sp³-hybridized carbons (Fsp3) is 0.429. The Bertz CT molecular complexity index is 1020. The van der Waals surface area contributed by atoms with Gasteiger partial charge in [-0.1, -0.05) is 6.92 Å². The SMILES string of the molecule is CCCNC(=O)N1CCC[C@H](CNc2nc(-c3c[nH]c4ncccc34)ncc2F)C1. The van der Waals surface area contributed by atoms with Crippen LogP contribution in [-0.4, -0.2) is 57.0 Å². The number of amides is 2. The van der Waals surface area contributed by atoms with E-state index in [0.29, 0.717) is 25.5 Å². The Morgan fingerprint density at radius 2 is 2.30 bits per heavy atom. The highest BCUT2D eigenvalue weighted by atomic mass is 19.1. The van der Waals surface area contributed by atoms with Crippen molar-refractivity contribution in [1.82, 2.24) is 30.2 Å². The molecule has 30 heavy (non-hydrogen) atoms. The lowest BCUT2D eigenvalue weighted by molar-refractivity contribution is 0.168. The van der Waals surface area contributed by atoms with Gasteiger partial charge >= 0.3 is 6.03 Å². The molecular weight excluding hydrogens is 385 g/mol. The van der Waals surface area contributed by atoms with Crippen molar-refractivity contribution in [1.29, 1.82) is 0 Å². The maximum absolute atomic E-state index is 14.3. The average Bonchev–Trinajstić information content (AvgIpc) is 3.21. The van der Waals surface area contributed by atoms with Crippen LogP contribution in [0.2, 0.25) is 0 Å². The number of hydrogen-bond acceptors (Lipinski definition) is 5. The van der Waals surface area contributed by atoms with Gasteiger partial charge in [-0.25, -0.2) is 24.1 Å². The number of likely N-dealkylation sites (tertiary alicyclic amines) is 1. The van der Waals surface area contributed by atoms with Crippen molar-refractivity contribution >= 4 is 22.9 Å². The fourth-order valence-corrected chi connectivity index (χ4v) is 3.76. The van der Waals surface area contributed by atoms with Gasteiger partial charge in [0.15, 0.2) is 17.5 Å². The number of halogens is 1. The minimum absolute atomic E-state index is 0.0231. The number of hydrogen-bond donors (Lipinski definition) is 3. The lowest BCUT2D eigenvalue weighted by Crippen LogP contribution is -2.46. The largest absolute Gasteiger partial charge is 0.367 e. The fourth-order valence-electron chi connectivity index (χ4n) is 3.76. The third kappa shape index (κ3) is 4.34. The number of urea groups is 1. The van der Waals surface area contributed by atoms with Gasteiger partial charge in [-0.15, -0.1) is 0 Å². The van der Waals surface area contributed by atoms with Crippen molar-refractivity contribution < 1.29 is 9.18 Å². The van der Waals surface area contributed by atoms with Crippen LogP contribution in [0.15, 0.2) is 30.7 Å². The standard InChI is InChI=1S/C21H26FN7O/c1-2-7-24-21(30)29-9-4-5-14(13-29)10-25-20-17(22)12-27-19(28-20)16-11-26-18-15(16)6-3-8-23-18/h3,6,8,11-12,14H,2,4-5,7,9-10,13H2,1H3,(H,23,26)(H,24,30)(H,25,27,28)/t14-/m1/s1. The van der Waals surface area contributed by atoms with Gasteiger partial charge in [-0.05, 0) is 37.3 Å². The predicted molar refractivity (Wildman–Crippen MR) is 114 cm³/mol. The molecule has 3 N–H and O–H groups in total. The molecule has 0 radical (unpaired) electrons. The maximum Gasteiger partial charge on any atom is 0.317 e. The highest BCUT2D eigenvalue weighted by Crippen LogP contribution is 2.26. The van der Waals surface area contributed by atoms with E-state index in [9.17, 15) is 9.18 Å². The van der Waals surface area contributed by atoms with Crippen LogP contribution < -0.4 is 10.6 Å². The Morgan fingerprint density at radius 1 is 1.40 bits per heavy atom. The van der Waals surface area contributed by atoms with Gasteiger partial charge < -0.3 is 20.5 Å². The first-order chi connectivity index (χ1) is 14.7. The number of carbonyl (C=O) groups excluding carboxylic acids is 1. The van der Waals surface area contributed by atoms with E-state index in [4.69, 9.17) is 0 Å². The zero-order chi connectivity index (χ0) is 20.9. The van der Waals surface area contributed by atoms with E-state index < -0.39 is 5.82 Å².